The summed E-state index contributed by atoms with van der Waals surface area (Å²) < 4.78 is 11.2. The Morgan fingerprint density at radius 1 is 1.10 bits per heavy atom. The minimum atomic E-state index is -0.351. The monoisotopic (exact) mass is 325 g/mol. The topological polar surface area (TPSA) is 44.5 Å². The Kier molecular flexibility index (Phi) is 5.34. The van der Waals surface area contributed by atoms with E-state index in [1.807, 2.05) is 31.2 Å². The predicted molar refractivity (Wildman–Crippen MR) is 86.5 cm³/mol. The summed E-state index contributed by atoms with van der Waals surface area (Å²) in [6.45, 7) is 1.88. The van der Waals surface area contributed by atoms with Crippen LogP contribution in [-0.2, 0) is 0 Å². The van der Waals surface area contributed by atoms with Crippen LogP contribution in [0.2, 0.25) is 10.0 Å². The Morgan fingerprint density at radius 3 is 2.48 bits per heavy atom. The first kappa shape index (κ1) is 16.0. The molecule has 0 aliphatic heterocycles. The Labute approximate surface area is 134 Å². The molecule has 0 aliphatic carbocycles. The third-order valence-corrected chi connectivity index (χ3v) is 3.87. The first-order valence-electron chi connectivity index (χ1n) is 6.53. The van der Waals surface area contributed by atoms with Crippen molar-refractivity contribution < 1.29 is 9.47 Å². The number of ether oxygens (including phenoxy) is 2. The Balaban J connectivity index is 2.33. The molecular formula is C16H17Cl2NO2. The molecule has 0 fully saturated rings. The molecule has 0 bridgehead atoms. The second kappa shape index (κ2) is 7.03. The highest BCUT2D eigenvalue weighted by atomic mass is 35.5. The SMILES string of the molecule is COc1cccc(C(Oc2cccc(Cl)c2Cl)C(C)N)c1. The van der Waals surface area contributed by atoms with Crippen LogP contribution in [0.3, 0.4) is 0 Å². The molecule has 0 aliphatic rings. The van der Waals surface area contributed by atoms with Gasteiger partial charge in [-0.3, -0.25) is 0 Å². The summed E-state index contributed by atoms with van der Waals surface area (Å²) in [5, 5.41) is 0.830. The van der Waals surface area contributed by atoms with Gasteiger partial charge in [0.2, 0.25) is 0 Å². The molecule has 21 heavy (non-hydrogen) atoms. The quantitative estimate of drug-likeness (QED) is 0.882. The molecule has 2 N–H and O–H groups in total. The van der Waals surface area contributed by atoms with Gasteiger partial charge in [-0.1, -0.05) is 41.4 Å². The first-order chi connectivity index (χ1) is 10.0. The lowest BCUT2D eigenvalue weighted by Gasteiger charge is -2.24. The molecule has 0 spiro atoms. The lowest BCUT2D eigenvalue weighted by atomic mass is 10.0. The fourth-order valence-corrected chi connectivity index (χ4v) is 2.35. The summed E-state index contributed by atoms with van der Waals surface area (Å²) in [4.78, 5) is 0. The number of benzene rings is 2. The highest BCUT2D eigenvalue weighted by molar-refractivity contribution is 6.42. The maximum atomic E-state index is 6.17. The molecule has 0 radical (unpaired) electrons. The predicted octanol–water partition coefficient (Wildman–Crippen LogP) is 4.47. The van der Waals surface area contributed by atoms with Crippen LogP contribution in [0.15, 0.2) is 42.5 Å². The van der Waals surface area contributed by atoms with Crippen molar-refractivity contribution in [3.63, 3.8) is 0 Å². The summed E-state index contributed by atoms with van der Waals surface area (Å²) >= 11 is 12.2. The van der Waals surface area contributed by atoms with Crippen LogP contribution in [0.1, 0.15) is 18.6 Å². The number of halogens is 2. The molecule has 2 aromatic carbocycles. The Morgan fingerprint density at radius 2 is 1.81 bits per heavy atom. The van der Waals surface area contributed by atoms with E-state index in [4.69, 9.17) is 38.4 Å². The van der Waals surface area contributed by atoms with Crippen LogP contribution >= 0.6 is 23.2 Å². The van der Waals surface area contributed by atoms with E-state index >= 15 is 0 Å². The van der Waals surface area contributed by atoms with E-state index in [0.717, 1.165) is 11.3 Å². The van der Waals surface area contributed by atoms with Gasteiger partial charge in [-0.05, 0) is 36.8 Å². The van der Waals surface area contributed by atoms with Crippen molar-refractivity contribution >= 4 is 23.2 Å². The summed E-state index contributed by atoms with van der Waals surface area (Å²) in [5.74, 6) is 1.26. The fourth-order valence-electron chi connectivity index (χ4n) is 2.01. The highest BCUT2D eigenvalue weighted by Gasteiger charge is 2.20. The van der Waals surface area contributed by atoms with E-state index in [9.17, 15) is 0 Å². The molecule has 2 rings (SSSR count). The van der Waals surface area contributed by atoms with Crippen LogP contribution < -0.4 is 15.2 Å². The van der Waals surface area contributed by atoms with Crippen molar-refractivity contribution in [2.45, 2.75) is 19.1 Å². The average molecular weight is 326 g/mol. The van der Waals surface area contributed by atoms with Crippen molar-refractivity contribution in [1.82, 2.24) is 0 Å². The number of methoxy groups -OCH3 is 1. The van der Waals surface area contributed by atoms with Gasteiger partial charge < -0.3 is 15.2 Å². The zero-order valence-corrected chi connectivity index (χ0v) is 13.4. The average Bonchev–Trinajstić information content (AvgIpc) is 2.48. The Hall–Kier alpha value is -1.42. The molecule has 0 saturated carbocycles. The molecule has 0 heterocycles. The van der Waals surface area contributed by atoms with Crippen molar-refractivity contribution in [1.29, 1.82) is 0 Å². The van der Waals surface area contributed by atoms with Gasteiger partial charge in [-0.15, -0.1) is 0 Å². The third kappa shape index (κ3) is 3.82. The molecule has 0 saturated heterocycles. The van der Waals surface area contributed by atoms with Gasteiger partial charge in [0.15, 0.2) is 0 Å². The zero-order chi connectivity index (χ0) is 15.4. The normalized spacial score (nSPS) is 13.6. The largest absolute Gasteiger partial charge is 0.497 e. The van der Waals surface area contributed by atoms with Crippen LogP contribution in [0.25, 0.3) is 0 Å². The van der Waals surface area contributed by atoms with Crippen molar-refractivity contribution in [3.05, 3.63) is 58.1 Å². The van der Waals surface area contributed by atoms with Crippen molar-refractivity contribution in [2.75, 3.05) is 7.11 Å². The fraction of sp³-hybridized carbons (Fsp3) is 0.250. The highest BCUT2D eigenvalue weighted by Crippen LogP contribution is 2.35. The van der Waals surface area contributed by atoms with E-state index in [2.05, 4.69) is 0 Å². The second-order valence-electron chi connectivity index (χ2n) is 4.73. The van der Waals surface area contributed by atoms with E-state index in [0.29, 0.717) is 15.8 Å². The van der Waals surface area contributed by atoms with Gasteiger partial charge in [0.1, 0.15) is 22.6 Å². The summed E-state index contributed by atoms with van der Waals surface area (Å²) in [5.41, 5.74) is 6.97. The molecule has 2 aromatic rings. The Bertz CT molecular complexity index is 617. The smallest absolute Gasteiger partial charge is 0.140 e. The van der Waals surface area contributed by atoms with Gasteiger partial charge in [0.25, 0.3) is 0 Å². The van der Waals surface area contributed by atoms with Crippen LogP contribution in [0.4, 0.5) is 0 Å². The summed E-state index contributed by atoms with van der Waals surface area (Å²) in [6.07, 6.45) is -0.351. The van der Waals surface area contributed by atoms with Crippen molar-refractivity contribution in [3.8, 4) is 11.5 Å². The lowest BCUT2D eigenvalue weighted by molar-refractivity contribution is 0.180. The number of nitrogens with two attached hydrogens (primary N) is 1. The van der Waals surface area contributed by atoms with Crippen LogP contribution in [0, 0.1) is 0 Å². The van der Waals surface area contributed by atoms with Gasteiger partial charge in [-0.2, -0.15) is 0 Å². The van der Waals surface area contributed by atoms with Crippen molar-refractivity contribution in [2.24, 2.45) is 5.73 Å². The van der Waals surface area contributed by atoms with E-state index < -0.39 is 0 Å². The maximum absolute atomic E-state index is 6.17. The van der Waals surface area contributed by atoms with Crippen LogP contribution in [-0.4, -0.2) is 13.2 Å². The second-order valence-corrected chi connectivity index (χ2v) is 5.51. The molecule has 2 unspecified atom stereocenters. The molecular weight excluding hydrogens is 309 g/mol. The van der Waals surface area contributed by atoms with Gasteiger partial charge >= 0.3 is 0 Å². The summed E-state index contributed by atoms with van der Waals surface area (Å²) in [7, 11) is 1.62. The molecule has 5 heteroatoms. The maximum Gasteiger partial charge on any atom is 0.140 e. The molecule has 0 aromatic heterocycles. The standard InChI is InChI=1S/C16H17Cl2NO2/c1-10(19)16(11-5-3-6-12(9-11)20-2)21-14-8-4-7-13(17)15(14)18/h3-10,16H,19H2,1-2H3. The number of hydrogen-bond donors (Lipinski definition) is 1. The third-order valence-electron chi connectivity index (χ3n) is 3.07. The zero-order valence-electron chi connectivity index (χ0n) is 11.8. The summed E-state index contributed by atoms with van der Waals surface area (Å²) in [6, 6.07) is 12.6. The minimum absolute atomic E-state index is 0.229. The lowest BCUT2D eigenvalue weighted by Crippen LogP contribution is -2.29. The molecule has 2 atom stereocenters. The molecule has 3 nitrogen and oxygen atoms in total. The first-order valence-corrected chi connectivity index (χ1v) is 7.28. The van der Waals surface area contributed by atoms with E-state index in [1.54, 1.807) is 25.3 Å². The van der Waals surface area contributed by atoms with Crippen LogP contribution in [0.5, 0.6) is 11.5 Å². The molecule has 0 amide bonds. The van der Waals surface area contributed by atoms with E-state index in [1.165, 1.54) is 0 Å². The number of rotatable bonds is 5. The van der Waals surface area contributed by atoms with E-state index in [-0.39, 0.29) is 12.1 Å². The van der Waals surface area contributed by atoms with Gasteiger partial charge in [0, 0.05) is 6.04 Å². The number of hydrogen-bond acceptors (Lipinski definition) is 3. The molecule has 112 valence electrons. The minimum Gasteiger partial charge on any atom is -0.497 e. The van der Waals surface area contributed by atoms with Gasteiger partial charge in [0.05, 0.1) is 12.1 Å². The van der Waals surface area contributed by atoms with Gasteiger partial charge in [-0.25, -0.2) is 0 Å².